The quantitative estimate of drug-likeness (QED) is 0.316. The van der Waals surface area contributed by atoms with E-state index in [0.717, 1.165) is 0 Å². The summed E-state index contributed by atoms with van der Waals surface area (Å²) in [5.41, 5.74) is 0.496. The van der Waals surface area contributed by atoms with Crippen LogP contribution in [0, 0.1) is 0 Å². The van der Waals surface area contributed by atoms with Crippen LogP contribution in [0.5, 0.6) is 0 Å². The molecule has 1 N–H and O–H groups in total. The zero-order valence-corrected chi connectivity index (χ0v) is 17.5. The second-order valence-electron chi connectivity index (χ2n) is 6.12. The highest BCUT2D eigenvalue weighted by atomic mass is 35.5. The van der Waals surface area contributed by atoms with E-state index in [2.05, 4.69) is 15.3 Å². The highest BCUT2D eigenvalue weighted by molar-refractivity contribution is 7.99. The minimum Gasteiger partial charge on any atom is -0.382 e. The molecule has 0 spiro atoms. The van der Waals surface area contributed by atoms with Gasteiger partial charge in [-0.05, 0) is 37.6 Å². The number of carbonyl (C=O) groups is 1. The second kappa shape index (κ2) is 10.4. The molecule has 0 saturated carbocycles. The maximum absolute atomic E-state index is 12.9. The van der Waals surface area contributed by atoms with Gasteiger partial charge >= 0.3 is 0 Å². The van der Waals surface area contributed by atoms with Crippen LogP contribution in [0.15, 0.2) is 52.5 Å². The van der Waals surface area contributed by atoms with Gasteiger partial charge in [-0.25, -0.2) is 9.97 Å². The number of anilines is 1. The van der Waals surface area contributed by atoms with Crippen molar-refractivity contribution >= 4 is 46.0 Å². The Balaban J connectivity index is 1.76. The van der Waals surface area contributed by atoms with Gasteiger partial charge in [-0.15, -0.1) is 0 Å². The Labute approximate surface area is 177 Å². The summed E-state index contributed by atoms with van der Waals surface area (Å²) in [5, 5.41) is 4.26. The van der Waals surface area contributed by atoms with Crippen molar-refractivity contribution in [3.05, 3.63) is 58.0 Å². The maximum atomic E-state index is 12.9. The lowest BCUT2D eigenvalue weighted by Gasteiger charge is -2.13. The summed E-state index contributed by atoms with van der Waals surface area (Å²) in [4.78, 5) is 33.9. The van der Waals surface area contributed by atoms with Gasteiger partial charge in [0.15, 0.2) is 5.16 Å². The molecule has 29 heavy (non-hydrogen) atoms. The van der Waals surface area contributed by atoms with Crippen LogP contribution >= 0.6 is 23.4 Å². The van der Waals surface area contributed by atoms with E-state index in [9.17, 15) is 9.59 Å². The largest absolute Gasteiger partial charge is 0.382 e. The molecule has 9 heteroatoms. The number of halogens is 1. The van der Waals surface area contributed by atoms with Gasteiger partial charge in [-0.3, -0.25) is 14.2 Å². The highest BCUT2D eigenvalue weighted by Crippen LogP contribution is 2.19. The molecule has 0 aliphatic heterocycles. The molecule has 7 nitrogen and oxygen atoms in total. The molecule has 0 unspecified atom stereocenters. The molecule has 152 valence electrons. The molecule has 2 aromatic heterocycles. The fourth-order valence-corrected chi connectivity index (χ4v) is 3.62. The highest BCUT2D eigenvalue weighted by Gasteiger charge is 2.13. The van der Waals surface area contributed by atoms with Gasteiger partial charge in [0.25, 0.3) is 5.56 Å². The molecule has 1 amide bonds. The number of para-hydroxylation sites is 1. The van der Waals surface area contributed by atoms with Crippen molar-refractivity contribution in [2.24, 2.45) is 0 Å². The Morgan fingerprint density at radius 1 is 1.28 bits per heavy atom. The number of pyridine rings is 1. The van der Waals surface area contributed by atoms with Crippen molar-refractivity contribution < 1.29 is 9.53 Å². The van der Waals surface area contributed by atoms with Crippen molar-refractivity contribution in [1.29, 1.82) is 0 Å². The SMILES string of the molecule is CCOCCCn1c(SCC(=O)Nc2ccc(Cl)cn2)nc2ccccc2c1=O. The average Bonchev–Trinajstić information content (AvgIpc) is 2.73. The van der Waals surface area contributed by atoms with Crippen LogP contribution in [0.2, 0.25) is 5.02 Å². The van der Waals surface area contributed by atoms with Crippen molar-refractivity contribution in [2.45, 2.75) is 25.0 Å². The summed E-state index contributed by atoms with van der Waals surface area (Å²) >= 11 is 7.02. The van der Waals surface area contributed by atoms with Crippen molar-refractivity contribution in [3.63, 3.8) is 0 Å². The summed E-state index contributed by atoms with van der Waals surface area (Å²) < 4.78 is 6.98. The Hall–Kier alpha value is -2.42. The van der Waals surface area contributed by atoms with Crippen molar-refractivity contribution in [3.8, 4) is 0 Å². The molecular weight excluding hydrogens is 412 g/mol. The zero-order valence-electron chi connectivity index (χ0n) is 15.9. The summed E-state index contributed by atoms with van der Waals surface area (Å²) in [6.45, 7) is 3.59. The fourth-order valence-electron chi connectivity index (χ4n) is 2.68. The number of hydrogen-bond acceptors (Lipinski definition) is 6. The van der Waals surface area contributed by atoms with E-state index in [1.165, 1.54) is 18.0 Å². The lowest BCUT2D eigenvalue weighted by Crippen LogP contribution is -2.25. The Kier molecular flexibility index (Phi) is 7.62. The summed E-state index contributed by atoms with van der Waals surface area (Å²) in [6, 6.07) is 10.5. The molecule has 0 radical (unpaired) electrons. The number of hydrogen-bond donors (Lipinski definition) is 1. The van der Waals surface area contributed by atoms with Crippen LogP contribution < -0.4 is 10.9 Å². The number of amides is 1. The van der Waals surface area contributed by atoms with Crippen LogP contribution in [-0.2, 0) is 16.1 Å². The zero-order chi connectivity index (χ0) is 20.6. The van der Waals surface area contributed by atoms with E-state index in [-0.39, 0.29) is 17.2 Å². The van der Waals surface area contributed by atoms with Gasteiger partial charge in [0, 0.05) is 26.0 Å². The van der Waals surface area contributed by atoms with E-state index >= 15 is 0 Å². The molecule has 0 aliphatic rings. The van der Waals surface area contributed by atoms with E-state index < -0.39 is 0 Å². The summed E-state index contributed by atoms with van der Waals surface area (Å²) in [5.74, 6) is 0.272. The summed E-state index contributed by atoms with van der Waals surface area (Å²) in [6.07, 6.45) is 2.15. The molecule has 3 aromatic rings. The van der Waals surface area contributed by atoms with Crippen LogP contribution in [0.1, 0.15) is 13.3 Å². The number of rotatable bonds is 9. The van der Waals surface area contributed by atoms with E-state index in [4.69, 9.17) is 16.3 Å². The van der Waals surface area contributed by atoms with Gasteiger partial charge in [0.05, 0.1) is 21.7 Å². The normalized spacial score (nSPS) is 11.0. The van der Waals surface area contributed by atoms with E-state index in [0.29, 0.717) is 53.1 Å². The molecule has 1 aromatic carbocycles. The monoisotopic (exact) mass is 432 g/mol. The minimum absolute atomic E-state index is 0.0978. The molecule has 0 saturated heterocycles. The van der Waals surface area contributed by atoms with Gasteiger partial charge in [-0.2, -0.15) is 0 Å². The third kappa shape index (κ3) is 5.79. The third-order valence-corrected chi connectivity index (χ3v) is 5.23. The molecule has 0 aliphatic carbocycles. The molecule has 2 heterocycles. The number of nitrogens with zero attached hydrogens (tertiary/aromatic N) is 3. The lowest BCUT2D eigenvalue weighted by molar-refractivity contribution is -0.113. The first kappa shape index (κ1) is 21.3. The van der Waals surface area contributed by atoms with Gasteiger partial charge in [0.1, 0.15) is 5.82 Å². The predicted molar refractivity (Wildman–Crippen MR) is 116 cm³/mol. The first-order valence-corrected chi connectivity index (χ1v) is 10.6. The number of fused-ring (bicyclic) bond motifs is 1. The molecule has 0 bridgehead atoms. The van der Waals surface area contributed by atoms with Crippen LogP contribution in [0.25, 0.3) is 10.9 Å². The van der Waals surface area contributed by atoms with Gasteiger partial charge in [0.2, 0.25) is 5.91 Å². The van der Waals surface area contributed by atoms with Crippen molar-refractivity contribution in [2.75, 3.05) is 24.3 Å². The number of carbonyl (C=O) groups excluding carboxylic acids is 1. The molecule has 3 rings (SSSR count). The number of nitrogens with one attached hydrogen (secondary N) is 1. The predicted octanol–water partition coefficient (Wildman–Crippen LogP) is 3.60. The summed E-state index contributed by atoms with van der Waals surface area (Å²) in [7, 11) is 0. The van der Waals surface area contributed by atoms with Gasteiger partial charge < -0.3 is 10.1 Å². The van der Waals surface area contributed by atoms with Crippen LogP contribution in [-0.4, -0.2) is 39.4 Å². The molecule has 0 fully saturated rings. The van der Waals surface area contributed by atoms with E-state index in [1.54, 1.807) is 28.8 Å². The van der Waals surface area contributed by atoms with E-state index in [1.807, 2.05) is 19.1 Å². The Morgan fingerprint density at radius 2 is 2.10 bits per heavy atom. The number of thioether (sulfide) groups is 1. The Bertz CT molecular complexity index is 1040. The molecule has 0 atom stereocenters. The minimum atomic E-state index is -0.243. The average molecular weight is 433 g/mol. The smallest absolute Gasteiger partial charge is 0.262 e. The maximum Gasteiger partial charge on any atom is 0.262 e. The first-order valence-electron chi connectivity index (χ1n) is 9.20. The van der Waals surface area contributed by atoms with Crippen LogP contribution in [0.3, 0.4) is 0 Å². The lowest BCUT2D eigenvalue weighted by atomic mass is 10.2. The first-order chi connectivity index (χ1) is 14.1. The standard InChI is InChI=1S/C20H21ClN4O3S/c1-2-28-11-5-10-25-19(27)15-6-3-4-7-16(15)23-20(25)29-13-18(26)24-17-9-8-14(21)12-22-17/h3-4,6-9,12H,2,5,10-11,13H2,1H3,(H,22,24,26). The Morgan fingerprint density at radius 3 is 2.86 bits per heavy atom. The number of aromatic nitrogens is 3. The van der Waals surface area contributed by atoms with Crippen LogP contribution in [0.4, 0.5) is 5.82 Å². The second-order valence-corrected chi connectivity index (χ2v) is 7.50. The number of benzene rings is 1. The number of ether oxygens (including phenoxy) is 1. The van der Waals surface area contributed by atoms with Crippen molar-refractivity contribution in [1.82, 2.24) is 14.5 Å². The molecular formula is C20H21ClN4O3S. The van der Waals surface area contributed by atoms with Gasteiger partial charge in [-0.1, -0.05) is 35.5 Å². The third-order valence-electron chi connectivity index (χ3n) is 4.03. The topological polar surface area (TPSA) is 86.1 Å². The fraction of sp³-hybridized carbons (Fsp3) is 0.300.